The summed E-state index contributed by atoms with van der Waals surface area (Å²) in [5.74, 6) is -0.610. The SMILES string of the molecule is Cc1ccc(C(=O)O)cc1NC(=O)C(C)(C)C1CCCC1. The van der Waals surface area contributed by atoms with Crippen molar-refractivity contribution in [3.63, 3.8) is 0 Å². The van der Waals surface area contributed by atoms with Gasteiger partial charge in [-0.05, 0) is 43.4 Å². The zero-order valence-corrected chi connectivity index (χ0v) is 12.9. The molecule has 0 saturated heterocycles. The number of aryl methyl sites for hydroxylation is 1. The summed E-state index contributed by atoms with van der Waals surface area (Å²) in [6.45, 7) is 5.83. The minimum absolute atomic E-state index is 0.0277. The number of anilines is 1. The van der Waals surface area contributed by atoms with Crippen LogP contribution in [0.25, 0.3) is 0 Å². The van der Waals surface area contributed by atoms with Crippen LogP contribution in [0.1, 0.15) is 55.5 Å². The first kappa shape index (κ1) is 15.5. The Hall–Kier alpha value is -1.84. The van der Waals surface area contributed by atoms with Gasteiger partial charge in [0.25, 0.3) is 0 Å². The molecule has 1 aliphatic carbocycles. The first-order valence-electron chi connectivity index (χ1n) is 7.48. The van der Waals surface area contributed by atoms with E-state index >= 15 is 0 Å². The van der Waals surface area contributed by atoms with Gasteiger partial charge >= 0.3 is 5.97 Å². The van der Waals surface area contributed by atoms with E-state index in [-0.39, 0.29) is 11.5 Å². The molecule has 2 rings (SSSR count). The Morgan fingerprint density at radius 3 is 2.43 bits per heavy atom. The van der Waals surface area contributed by atoms with Gasteiger partial charge in [-0.1, -0.05) is 32.8 Å². The van der Waals surface area contributed by atoms with E-state index in [1.54, 1.807) is 12.1 Å². The van der Waals surface area contributed by atoms with Crippen LogP contribution in [0.2, 0.25) is 0 Å². The van der Waals surface area contributed by atoms with Crippen molar-refractivity contribution in [1.82, 2.24) is 0 Å². The number of rotatable bonds is 4. The lowest BCUT2D eigenvalue weighted by Gasteiger charge is -2.30. The Labute approximate surface area is 125 Å². The first-order chi connectivity index (χ1) is 9.82. The number of hydrogen-bond donors (Lipinski definition) is 2. The fourth-order valence-corrected chi connectivity index (χ4v) is 3.01. The Kier molecular flexibility index (Phi) is 4.35. The van der Waals surface area contributed by atoms with Crippen molar-refractivity contribution in [2.45, 2.75) is 46.5 Å². The average Bonchev–Trinajstić information content (AvgIpc) is 2.95. The summed E-state index contributed by atoms with van der Waals surface area (Å²) >= 11 is 0. The maximum atomic E-state index is 12.6. The number of carbonyl (C=O) groups excluding carboxylic acids is 1. The zero-order valence-electron chi connectivity index (χ0n) is 12.9. The Morgan fingerprint density at radius 2 is 1.86 bits per heavy atom. The maximum Gasteiger partial charge on any atom is 0.335 e. The van der Waals surface area contributed by atoms with Crippen LogP contribution in [0.3, 0.4) is 0 Å². The monoisotopic (exact) mass is 289 g/mol. The van der Waals surface area contributed by atoms with Crippen molar-refractivity contribution in [3.05, 3.63) is 29.3 Å². The second-order valence-electron chi connectivity index (χ2n) is 6.49. The lowest BCUT2D eigenvalue weighted by atomic mass is 9.77. The second kappa shape index (κ2) is 5.88. The topological polar surface area (TPSA) is 66.4 Å². The van der Waals surface area contributed by atoms with Gasteiger partial charge in [0.1, 0.15) is 0 Å². The molecule has 21 heavy (non-hydrogen) atoms. The molecule has 0 radical (unpaired) electrons. The maximum absolute atomic E-state index is 12.6. The van der Waals surface area contributed by atoms with Crippen LogP contribution in [0.4, 0.5) is 5.69 Å². The van der Waals surface area contributed by atoms with Crippen LogP contribution in [-0.4, -0.2) is 17.0 Å². The quantitative estimate of drug-likeness (QED) is 0.884. The summed E-state index contributed by atoms with van der Waals surface area (Å²) in [6.07, 6.45) is 4.56. The van der Waals surface area contributed by atoms with Gasteiger partial charge in [-0.3, -0.25) is 4.79 Å². The molecular weight excluding hydrogens is 266 g/mol. The Bertz CT molecular complexity index is 557. The standard InChI is InChI=1S/C17H23NO3/c1-11-8-9-12(15(19)20)10-14(11)18-16(21)17(2,3)13-6-4-5-7-13/h8-10,13H,4-7H2,1-3H3,(H,18,21)(H,19,20). The first-order valence-corrected chi connectivity index (χ1v) is 7.48. The molecule has 0 aliphatic heterocycles. The fourth-order valence-electron chi connectivity index (χ4n) is 3.01. The van der Waals surface area contributed by atoms with Crippen molar-refractivity contribution >= 4 is 17.6 Å². The summed E-state index contributed by atoms with van der Waals surface area (Å²) < 4.78 is 0. The molecule has 1 aromatic rings. The number of amides is 1. The number of aromatic carboxylic acids is 1. The van der Waals surface area contributed by atoms with Crippen molar-refractivity contribution in [1.29, 1.82) is 0 Å². The van der Waals surface area contributed by atoms with Crippen molar-refractivity contribution < 1.29 is 14.7 Å². The number of nitrogens with one attached hydrogen (secondary N) is 1. The molecule has 0 atom stereocenters. The van der Waals surface area contributed by atoms with E-state index in [4.69, 9.17) is 5.11 Å². The van der Waals surface area contributed by atoms with Crippen LogP contribution in [0.15, 0.2) is 18.2 Å². The molecule has 1 saturated carbocycles. The molecule has 114 valence electrons. The lowest BCUT2D eigenvalue weighted by molar-refractivity contribution is -0.126. The third kappa shape index (κ3) is 3.26. The molecule has 0 heterocycles. The smallest absolute Gasteiger partial charge is 0.335 e. The van der Waals surface area contributed by atoms with E-state index in [2.05, 4.69) is 5.32 Å². The Morgan fingerprint density at radius 1 is 1.24 bits per heavy atom. The fraction of sp³-hybridized carbons (Fsp3) is 0.529. The summed E-state index contributed by atoms with van der Waals surface area (Å²) in [5.41, 5.74) is 1.22. The van der Waals surface area contributed by atoms with Gasteiger partial charge in [0.05, 0.1) is 5.56 Å². The summed E-state index contributed by atoms with van der Waals surface area (Å²) in [4.78, 5) is 23.6. The predicted octanol–water partition coefficient (Wildman–Crippen LogP) is 3.85. The number of benzene rings is 1. The average molecular weight is 289 g/mol. The van der Waals surface area contributed by atoms with Gasteiger partial charge < -0.3 is 10.4 Å². The molecule has 1 fully saturated rings. The van der Waals surface area contributed by atoms with Gasteiger partial charge in [-0.2, -0.15) is 0 Å². The molecule has 1 aliphatic rings. The molecule has 4 heteroatoms. The highest BCUT2D eigenvalue weighted by molar-refractivity contribution is 5.97. The second-order valence-corrected chi connectivity index (χ2v) is 6.49. The zero-order chi connectivity index (χ0) is 15.6. The third-order valence-electron chi connectivity index (χ3n) is 4.69. The summed E-state index contributed by atoms with van der Waals surface area (Å²) in [5, 5.41) is 12.0. The van der Waals surface area contributed by atoms with Gasteiger partial charge in [0.15, 0.2) is 0 Å². The van der Waals surface area contributed by atoms with Crippen molar-refractivity contribution in [2.75, 3.05) is 5.32 Å². The van der Waals surface area contributed by atoms with E-state index in [0.29, 0.717) is 11.6 Å². The summed E-state index contributed by atoms with van der Waals surface area (Å²) in [6, 6.07) is 4.80. The molecule has 0 unspecified atom stereocenters. The minimum atomic E-state index is -0.986. The molecule has 1 amide bonds. The van der Waals surface area contributed by atoms with Crippen molar-refractivity contribution in [2.24, 2.45) is 11.3 Å². The van der Waals surface area contributed by atoms with Gasteiger partial charge in [0, 0.05) is 11.1 Å². The molecule has 4 nitrogen and oxygen atoms in total. The molecule has 0 aromatic heterocycles. The van der Waals surface area contributed by atoms with Crippen LogP contribution in [0, 0.1) is 18.3 Å². The lowest BCUT2D eigenvalue weighted by Crippen LogP contribution is -2.36. The van der Waals surface area contributed by atoms with Crippen LogP contribution >= 0.6 is 0 Å². The highest BCUT2D eigenvalue weighted by atomic mass is 16.4. The molecule has 0 bridgehead atoms. The van der Waals surface area contributed by atoms with E-state index in [9.17, 15) is 9.59 Å². The number of carbonyl (C=O) groups is 2. The van der Waals surface area contributed by atoms with E-state index < -0.39 is 11.4 Å². The molecule has 1 aromatic carbocycles. The summed E-state index contributed by atoms with van der Waals surface area (Å²) in [7, 11) is 0. The highest BCUT2D eigenvalue weighted by Crippen LogP contribution is 2.40. The highest BCUT2D eigenvalue weighted by Gasteiger charge is 2.38. The van der Waals surface area contributed by atoms with E-state index in [1.165, 1.54) is 18.9 Å². The van der Waals surface area contributed by atoms with E-state index in [0.717, 1.165) is 18.4 Å². The van der Waals surface area contributed by atoms with Gasteiger partial charge in [-0.15, -0.1) is 0 Å². The largest absolute Gasteiger partial charge is 0.478 e. The predicted molar refractivity (Wildman–Crippen MR) is 82.5 cm³/mol. The number of carboxylic acid groups (broad SMARTS) is 1. The van der Waals surface area contributed by atoms with Gasteiger partial charge in [-0.25, -0.2) is 4.79 Å². The molecule has 2 N–H and O–H groups in total. The van der Waals surface area contributed by atoms with Gasteiger partial charge in [0.2, 0.25) is 5.91 Å². The van der Waals surface area contributed by atoms with Crippen LogP contribution in [0.5, 0.6) is 0 Å². The van der Waals surface area contributed by atoms with Crippen LogP contribution < -0.4 is 5.32 Å². The molecule has 0 spiro atoms. The Balaban J connectivity index is 2.18. The normalized spacial score (nSPS) is 16.0. The van der Waals surface area contributed by atoms with Crippen LogP contribution in [-0.2, 0) is 4.79 Å². The van der Waals surface area contributed by atoms with Crippen molar-refractivity contribution in [3.8, 4) is 0 Å². The number of hydrogen-bond acceptors (Lipinski definition) is 2. The number of carboxylic acids is 1. The minimum Gasteiger partial charge on any atom is -0.478 e. The molecular formula is C17H23NO3. The van der Waals surface area contributed by atoms with E-state index in [1.807, 2.05) is 20.8 Å². The third-order valence-corrected chi connectivity index (χ3v) is 4.69.